The fraction of sp³-hybridized carbons (Fsp3) is 0.611. The second-order valence-electron chi connectivity index (χ2n) is 6.40. The minimum absolute atomic E-state index is 0. The van der Waals surface area contributed by atoms with E-state index >= 15 is 0 Å². The van der Waals surface area contributed by atoms with Gasteiger partial charge in [0.1, 0.15) is 0 Å². The van der Waals surface area contributed by atoms with Gasteiger partial charge in [-0.15, -0.1) is 24.0 Å². The first-order valence-electron chi connectivity index (χ1n) is 8.78. The SMILES string of the molecule is I.NC(=NCCC1CCCCC1)Nc1ccc2c(c1)OCCCO2. The number of anilines is 1. The lowest BCUT2D eigenvalue weighted by atomic mass is 9.87. The quantitative estimate of drug-likeness (QED) is 0.415. The summed E-state index contributed by atoms with van der Waals surface area (Å²) in [5.74, 6) is 2.86. The Hall–Kier alpha value is -1.18. The summed E-state index contributed by atoms with van der Waals surface area (Å²) in [6, 6.07) is 5.78. The molecule has 24 heavy (non-hydrogen) atoms. The van der Waals surface area contributed by atoms with Crippen LogP contribution >= 0.6 is 24.0 Å². The molecule has 1 aliphatic heterocycles. The van der Waals surface area contributed by atoms with Crippen LogP contribution in [0.3, 0.4) is 0 Å². The van der Waals surface area contributed by atoms with Gasteiger partial charge in [-0.25, -0.2) is 0 Å². The van der Waals surface area contributed by atoms with Crippen molar-refractivity contribution in [2.45, 2.75) is 44.9 Å². The van der Waals surface area contributed by atoms with E-state index in [-0.39, 0.29) is 24.0 Å². The number of nitrogens with one attached hydrogen (secondary N) is 1. The number of hydrogen-bond acceptors (Lipinski definition) is 3. The second-order valence-corrected chi connectivity index (χ2v) is 6.40. The molecule has 5 nitrogen and oxygen atoms in total. The fourth-order valence-corrected chi connectivity index (χ4v) is 3.27. The van der Waals surface area contributed by atoms with Crippen LogP contribution in [0.5, 0.6) is 11.5 Å². The lowest BCUT2D eigenvalue weighted by molar-refractivity contribution is 0.297. The molecular weight excluding hydrogens is 417 g/mol. The number of ether oxygens (including phenoxy) is 2. The van der Waals surface area contributed by atoms with Gasteiger partial charge in [0.05, 0.1) is 13.2 Å². The third-order valence-electron chi connectivity index (χ3n) is 4.56. The predicted octanol–water partition coefficient (Wildman–Crippen LogP) is 4.16. The van der Waals surface area contributed by atoms with Crippen LogP contribution in [0.4, 0.5) is 5.69 Å². The number of nitrogens with zero attached hydrogens (tertiary/aromatic N) is 1. The van der Waals surface area contributed by atoms with Crippen LogP contribution in [0.1, 0.15) is 44.9 Å². The molecule has 0 bridgehead atoms. The van der Waals surface area contributed by atoms with Crippen molar-refractivity contribution in [2.75, 3.05) is 25.1 Å². The maximum absolute atomic E-state index is 6.00. The zero-order chi connectivity index (χ0) is 15.9. The van der Waals surface area contributed by atoms with Gasteiger partial charge >= 0.3 is 0 Å². The summed E-state index contributed by atoms with van der Waals surface area (Å²) < 4.78 is 11.3. The third kappa shape index (κ3) is 5.72. The van der Waals surface area contributed by atoms with E-state index in [4.69, 9.17) is 15.2 Å². The monoisotopic (exact) mass is 445 g/mol. The molecule has 0 amide bonds. The Balaban J connectivity index is 0.00000208. The molecule has 1 saturated carbocycles. The van der Waals surface area contributed by atoms with Crippen LogP contribution in [0.2, 0.25) is 0 Å². The summed E-state index contributed by atoms with van der Waals surface area (Å²) in [6.45, 7) is 2.18. The van der Waals surface area contributed by atoms with Crippen molar-refractivity contribution in [1.29, 1.82) is 0 Å². The van der Waals surface area contributed by atoms with E-state index in [0.717, 1.165) is 42.5 Å². The molecule has 3 N–H and O–H groups in total. The summed E-state index contributed by atoms with van der Waals surface area (Å²) in [6.07, 6.45) is 8.90. The predicted molar refractivity (Wildman–Crippen MR) is 109 cm³/mol. The first-order chi connectivity index (χ1) is 11.3. The number of guanidine groups is 1. The van der Waals surface area contributed by atoms with E-state index in [1.165, 1.54) is 32.1 Å². The molecule has 0 saturated heterocycles. The number of fused-ring (bicyclic) bond motifs is 1. The molecular formula is C18H28IN3O2. The van der Waals surface area contributed by atoms with E-state index < -0.39 is 0 Å². The molecule has 134 valence electrons. The van der Waals surface area contributed by atoms with Gasteiger partial charge in [0.2, 0.25) is 0 Å². The second kappa shape index (κ2) is 9.96. The van der Waals surface area contributed by atoms with Gasteiger partial charge in [0, 0.05) is 24.7 Å². The largest absolute Gasteiger partial charge is 0.490 e. The molecule has 1 fully saturated rings. The van der Waals surface area contributed by atoms with Crippen molar-refractivity contribution in [2.24, 2.45) is 16.6 Å². The molecule has 1 aromatic carbocycles. The van der Waals surface area contributed by atoms with Crippen molar-refractivity contribution < 1.29 is 9.47 Å². The average Bonchev–Trinajstić information content (AvgIpc) is 2.81. The number of aliphatic imine (C=N–C) groups is 1. The standard InChI is InChI=1S/C18H27N3O2.HI/c19-18(20-10-9-14-5-2-1-3-6-14)21-15-7-8-16-17(13-15)23-12-4-11-22-16;/h7-8,13-14H,1-6,9-12H2,(H3,19,20,21);1H. The van der Waals surface area contributed by atoms with E-state index in [0.29, 0.717) is 19.2 Å². The number of nitrogens with two attached hydrogens (primary N) is 1. The van der Waals surface area contributed by atoms with Gasteiger partial charge in [0.15, 0.2) is 17.5 Å². The van der Waals surface area contributed by atoms with E-state index in [1.807, 2.05) is 18.2 Å². The molecule has 0 atom stereocenters. The van der Waals surface area contributed by atoms with Gasteiger partial charge in [-0.2, -0.15) is 0 Å². The van der Waals surface area contributed by atoms with Crippen molar-refractivity contribution >= 4 is 35.6 Å². The van der Waals surface area contributed by atoms with Crippen molar-refractivity contribution in [3.8, 4) is 11.5 Å². The summed E-state index contributed by atoms with van der Waals surface area (Å²) in [5.41, 5.74) is 6.88. The van der Waals surface area contributed by atoms with Crippen molar-refractivity contribution in [1.82, 2.24) is 0 Å². The maximum atomic E-state index is 6.00. The Labute approximate surface area is 161 Å². The van der Waals surface area contributed by atoms with E-state index in [9.17, 15) is 0 Å². The van der Waals surface area contributed by atoms with Crippen molar-refractivity contribution in [3.63, 3.8) is 0 Å². The summed E-state index contributed by atoms with van der Waals surface area (Å²) >= 11 is 0. The van der Waals surface area contributed by atoms with Crippen LogP contribution in [-0.2, 0) is 0 Å². The molecule has 0 unspecified atom stereocenters. The lowest BCUT2D eigenvalue weighted by Crippen LogP contribution is -2.23. The molecule has 0 aromatic heterocycles. The number of rotatable bonds is 4. The maximum Gasteiger partial charge on any atom is 0.193 e. The highest BCUT2D eigenvalue weighted by Gasteiger charge is 2.13. The Morgan fingerprint density at radius 3 is 2.62 bits per heavy atom. The number of halogens is 1. The third-order valence-corrected chi connectivity index (χ3v) is 4.56. The van der Waals surface area contributed by atoms with Gasteiger partial charge in [0.25, 0.3) is 0 Å². The van der Waals surface area contributed by atoms with Gasteiger partial charge < -0.3 is 20.5 Å². The smallest absolute Gasteiger partial charge is 0.193 e. The van der Waals surface area contributed by atoms with Gasteiger partial charge in [-0.3, -0.25) is 4.99 Å². The van der Waals surface area contributed by atoms with E-state index in [2.05, 4.69) is 10.3 Å². The fourth-order valence-electron chi connectivity index (χ4n) is 3.27. The molecule has 1 aromatic rings. The zero-order valence-electron chi connectivity index (χ0n) is 14.1. The minimum Gasteiger partial charge on any atom is -0.490 e. The number of benzene rings is 1. The summed E-state index contributed by atoms with van der Waals surface area (Å²) in [7, 11) is 0. The van der Waals surface area contributed by atoms with Crippen LogP contribution in [0.15, 0.2) is 23.2 Å². The first-order valence-corrected chi connectivity index (χ1v) is 8.78. The van der Waals surface area contributed by atoms with Gasteiger partial charge in [-0.05, 0) is 24.5 Å². The van der Waals surface area contributed by atoms with E-state index in [1.54, 1.807) is 0 Å². The number of hydrogen-bond donors (Lipinski definition) is 2. The molecule has 2 aliphatic rings. The van der Waals surface area contributed by atoms with Gasteiger partial charge in [-0.1, -0.05) is 32.1 Å². The molecule has 3 rings (SSSR count). The summed E-state index contributed by atoms with van der Waals surface area (Å²) in [5, 5.41) is 3.14. The highest BCUT2D eigenvalue weighted by Crippen LogP contribution is 2.32. The molecule has 1 heterocycles. The highest BCUT2D eigenvalue weighted by atomic mass is 127. The Morgan fingerprint density at radius 1 is 1.08 bits per heavy atom. The Morgan fingerprint density at radius 2 is 1.83 bits per heavy atom. The zero-order valence-corrected chi connectivity index (χ0v) is 16.5. The van der Waals surface area contributed by atoms with Crippen LogP contribution in [-0.4, -0.2) is 25.7 Å². The highest BCUT2D eigenvalue weighted by molar-refractivity contribution is 14.0. The molecule has 1 aliphatic carbocycles. The van der Waals surface area contributed by atoms with Crippen molar-refractivity contribution in [3.05, 3.63) is 18.2 Å². The minimum atomic E-state index is 0. The Kier molecular flexibility index (Phi) is 7.94. The average molecular weight is 445 g/mol. The first kappa shape index (κ1) is 19.1. The van der Waals surface area contributed by atoms with Crippen LogP contribution in [0, 0.1) is 5.92 Å². The lowest BCUT2D eigenvalue weighted by Gasteiger charge is -2.20. The van der Waals surface area contributed by atoms with Crippen LogP contribution < -0.4 is 20.5 Å². The topological polar surface area (TPSA) is 68.9 Å². The molecule has 6 heteroatoms. The molecule has 0 spiro atoms. The normalized spacial score (nSPS) is 18.4. The van der Waals surface area contributed by atoms with Crippen LogP contribution in [0.25, 0.3) is 0 Å². The summed E-state index contributed by atoms with van der Waals surface area (Å²) in [4.78, 5) is 4.46. The Bertz CT molecular complexity index is 545. The molecule has 0 radical (unpaired) electrons.